The molecule has 0 aliphatic carbocycles. The van der Waals surface area contributed by atoms with E-state index in [2.05, 4.69) is 41.5 Å². The molecule has 0 saturated carbocycles. The Morgan fingerprint density at radius 2 is 0.603 bits per heavy atom. The highest BCUT2D eigenvalue weighted by molar-refractivity contribution is 5.71. The average molecular weight is 821 g/mol. The number of carbonyl (C=O) groups is 3. The van der Waals surface area contributed by atoms with E-state index in [0.717, 1.165) is 75.5 Å². The van der Waals surface area contributed by atoms with Gasteiger partial charge in [0, 0.05) is 19.3 Å². The van der Waals surface area contributed by atoms with Gasteiger partial charge in [-0.05, 0) is 37.0 Å². The van der Waals surface area contributed by atoms with Crippen LogP contribution in [-0.4, -0.2) is 37.2 Å². The second-order valence-corrected chi connectivity index (χ2v) is 19.0. The Hall–Kier alpha value is -1.59. The second-order valence-electron chi connectivity index (χ2n) is 19.0. The summed E-state index contributed by atoms with van der Waals surface area (Å²) in [5.41, 5.74) is 0. The van der Waals surface area contributed by atoms with E-state index in [1.165, 1.54) is 161 Å². The van der Waals surface area contributed by atoms with E-state index in [1.54, 1.807) is 0 Å². The third-order valence-corrected chi connectivity index (χ3v) is 12.0. The predicted octanol–water partition coefficient (Wildman–Crippen LogP) is 16.4. The topological polar surface area (TPSA) is 78.9 Å². The highest BCUT2D eigenvalue weighted by Gasteiger charge is 2.19. The van der Waals surface area contributed by atoms with Gasteiger partial charge < -0.3 is 14.2 Å². The maximum atomic E-state index is 12.7. The highest BCUT2D eigenvalue weighted by Crippen LogP contribution is 2.18. The van der Waals surface area contributed by atoms with Crippen molar-refractivity contribution in [1.82, 2.24) is 0 Å². The molecular formula is C52H100O6. The minimum Gasteiger partial charge on any atom is -0.462 e. The minimum absolute atomic E-state index is 0.0664. The van der Waals surface area contributed by atoms with Gasteiger partial charge in [-0.15, -0.1) is 0 Å². The smallest absolute Gasteiger partial charge is 0.306 e. The first-order chi connectivity index (χ1) is 28.1. The summed E-state index contributed by atoms with van der Waals surface area (Å²) in [4.78, 5) is 37.8. The van der Waals surface area contributed by atoms with Gasteiger partial charge in [0.15, 0.2) is 6.10 Å². The SMILES string of the molecule is CCC(C)CCCCCCCCC(=O)O[C@H](COC(=O)CCCCCCCCCCCCCCCCCCCCC(C)C)COC(=O)CCCCCCCCC(C)C. The second kappa shape index (κ2) is 43.5. The molecule has 0 heterocycles. The first kappa shape index (κ1) is 56.4. The summed E-state index contributed by atoms with van der Waals surface area (Å²) in [7, 11) is 0. The normalized spacial score (nSPS) is 12.6. The molecular weight excluding hydrogens is 721 g/mol. The Bertz CT molecular complexity index is 900. The molecule has 0 aromatic heterocycles. The van der Waals surface area contributed by atoms with Gasteiger partial charge in [-0.1, -0.05) is 241 Å². The maximum Gasteiger partial charge on any atom is 0.306 e. The van der Waals surface area contributed by atoms with E-state index in [0.29, 0.717) is 19.3 Å². The zero-order valence-electron chi connectivity index (χ0n) is 39.8. The number of rotatable bonds is 45. The average Bonchev–Trinajstić information content (AvgIpc) is 3.19. The molecule has 0 saturated heterocycles. The molecule has 0 bridgehead atoms. The van der Waals surface area contributed by atoms with Crippen LogP contribution in [0.1, 0.15) is 279 Å². The monoisotopic (exact) mass is 821 g/mol. The van der Waals surface area contributed by atoms with Crippen LogP contribution in [0.4, 0.5) is 0 Å². The van der Waals surface area contributed by atoms with Gasteiger partial charge in [-0.3, -0.25) is 14.4 Å². The van der Waals surface area contributed by atoms with Crippen molar-refractivity contribution >= 4 is 17.9 Å². The summed E-state index contributed by atoms with van der Waals surface area (Å²) < 4.78 is 16.7. The first-order valence-electron chi connectivity index (χ1n) is 25.6. The lowest BCUT2D eigenvalue weighted by molar-refractivity contribution is -0.167. The van der Waals surface area contributed by atoms with Crippen LogP contribution >= 0.6 is 0 Å². The summed E-state index contributed by atoms with van der Waals surface area (Å²) in [6.07, 6.45) is 42.6. The molecule has 2 atom stereocenters. The Labute approximate surface area is 361 Å². The molecule has 1 unspecified atom stereocenters. The molecule has 0 aromatic rings. The van der Waals surface area contributed by atoms with Crippen molar-refractivity contribution in [2.24, 2.45) is 17.8 Å². The molecule has 6 heteroatoms. The van der Waals surface area contributed by atoms with Crippen LogP contribution in [-0.2, 0) is 28.6 Å². The standard InChI is InChI=1S/C52H100O6/c1-7-48(6)40-34-28-23-25-31-37-43-52(55)58-49(45-57-51(54)42-36-30-24-22-27-33-39-47(4)5)44-56-50(53)41-35-29-21-19-17-15-13-11-9-8-10-12-14-16-18-20-26-32-38-46(2)3/h46-49H,7-45H2,1-6H3/t48?,49-/m1/s1. The largest absolute Gasteiger partial charge is 0.462 e. The highest BCUT2D eigenvalue weighted by atomic mass is 16.6. The number of unbranched alkanes of at least 4 members (excludes halogenated alkanes) is 27. The van der Waals surface area contributed by atoms with Crippen molar-refractivity contribution in [3.63, 3.8) is 0 Å². The predicted molar refractivity (Wildman–Crippen MR) is 247 cm³/mol. The molecule has 58 heavy (non-hydrogen) atoms. The van der Waals surface area contributed by atoms with Crippen LogP contribution < -0.4 is 0 Å². The van der Waals surface area contributed by atoms with E-state index in [4.69, 9.17) is 14.2 Å². The van der Waals surface area contributed by atoms with E-state index >= 15 is 0 Å². The van der Waals surface area contributed by atoms with E-state index in [-0.39, 0.29) is 31.1 Å². The van der Waals surface area contributed by atoms with Gasteiger partial charge in [0.25, 0.3) is 0 Å². The van der Waals surface area contributed by atoms with E-state index < -0.39 is 6.10 Å². The molecule has 0 spiro atoms. The summed E-state index contributed by atoms with van der Waals surface area (Å²) in [5.74, 6) is 1.57. The number of hydrogen-bond donors (Lipinski definition) is 0. The molecule has 0 amide bonds. The van der Waals surface area contributed by atoms with Gasteiger partial charge in [-0.2, -0.15) is 0 Å². The van der Waals surface area contributed by atoms with Gasteiger partial charge in [0.1, 0.15) is 13.2 Å². The van der Waals surface area contributed by atoms with Crippen LogP contribution in [0.3, 0.4) is 0 Å². The molecule has 0 rings (SSSR count). The Morgan fingerprint density at radius 1 is 0.345 bits per heavy atom. The van der Waals surface area contributed by atoms with Gasteiger partial charge in [0.2, 0.25) is 0 Å². The Kier molecular flexibility index (Phi) is 42.3. The lowest BCUT2D eigenvalue weighted by Gasteiger charge is -2.18. The van der Waals surface area contributed by atoms with Crippen LogP contribution in [0.5, 0.6) is 0 Å². The molecule has 0 radical (unpaired) electrons. The lowest BCUT2D eigenvalue weighted by Crippen LogP contribution is -2.30. The summed E-state index contributed by atoms with van der Waals surface area (Å²) in [5, 5.41) is 0. The van der Waals surface area contributed by atoms with Crippen LogP contribution in [0.15, 0.2) is 0 Å². The molecule has 0 aliphatic rings. The quantitative estimate of drug-likeness (QED) is 0.0346. The zero-order chi connectivity index (χ0) is 42.7. The van der Waals surface area contributed by atoms with Crippen LogP contribution in [0, 0.1) is 17.8 Å². The van der Waals surface area contributed by atoms with E-state index in [1.807, 2.05) is 0 Å². The summed E-state index contributed by atoms with van der Waals surface area (Å²) in [6, 6.07) is 0. The fraction of sp³-hybridized carbons (Fsp3) is 0.942. The lowest BCUT2D eigenvalue weighted by atomic mass is 10.00. The fourth-order valence-electron chi connectivity index (χ4n) is 7.73. The summed E-state index contributed by atoms with van der Waals surface area (Å²) >= 11 is 0. The molecule has 6 nitrogen and oxygen atoms in total. The van der Waals surface area contributed by atoms with Crippen molar-refractivity contribution < 1.29 is 28.6 Å². The van der Waals surface area contributed by atoms with Crippen molar-refractivity contribution in [2.75, 3.05) is 13.2 Å². The number of esters is 3. The molecule has 344 valence electrons. The van der Waals surface area contributed by atoms with Crippen LogP contribution in [0.2, 0.25) is 0 Å². The van der Waals surface area contributed by atoms with Crippen LogP contribution in [0.25, 0.3) is 0 Å². The van der Waals surface area contributed by atoms with Gasteiger partial charge >= 0.3 is 17.9 Å². The van der Waals surface area contributed by atoms with Crippen molar-refractivity contribution in [1.29, 1.82) is 0 Å². The van der Waals surface area contributed by atoms with Gasteiger partial charge in [-0.25, -0.2) is 0 Å². The Balaban J connectivity index is 4.16. The fourth-order valence-corrected chi connectivity index (χ4v) is 7.73. The van der Waals surface area contributed by atoms with Crippen molar-refractivity contribution in [3.05, 3.63) is 0 Å². The zero-order valence-corrected chi connectivity index (χ0v) is 39.8. The van der Waals surface area contributed by atoms with Gasteiger partial charge in [0.05, 0.1) is 0 Å². The van der Waals surface area contributed by atoms with Crippen molar-refractivity contribution in [2.45, 2.75) is 285 Å². The Morgan fingerprint density at radius 3 is 0.897 bits per heavy atom. The number of carbonyl (C=O) groups excluding carboxylic acids is 3. The molecule has 0 fully saturated rings. The number of hydrogen-bond acceptors (Lipinski definition) is 6. The third kappa shape index (κ3) is 44.0. The minimum atomic E-state index is -0.763. The molecule has 0 N–H and O–H groups in total. The first-order valence-corrected chi connectivity index (χ1v) is 25.6. The summed E-state index contributed by atoms with van der Waals surface area (Å²) in [6.45, 7) is 13.6. The maximum absolute atomic E-state index is 12.7. The third-order valence-electron chi connectivity index (χ3n) is 12.0. The van der Waals surface area contributed by atoms with E-state index in [9.17, 15) is 14.4 Å². The molecule has 0 aromatic carbocycles. The van der Waals surface area contributed by atoms with Crippen molar-refractivity contribution in [3.8, 4) is 0 Å². The number of ether oxygens (including phenoxy) is 3. The molecule has 0 aliphatic heterocycles.